The van der Waals surface area contributed by atoms with Gasteiger partial charge in [0.05, 0.1) is 0 Å². The van der Waals surface area contributed by atoms with Crippen molar-refractivity contribution in [3.8, 4) is 0 Å². The molecule has 0 atom stereocenters. The van der Waals surface area contributed by atoms with Crippen LogP contribution < -0.4 is 0 Å². The van der Waals surface area contributed by atoms with Crippen LogP contribution in [0.15, 0.2) is 0 Å². The van der Waals surface area contributed by atoms with E-state index in [0.717, 1.165) is 0 Å². The third-order valence-corrected chi connectivity index (χ3v) is 2.36. The first-order valence-electron chi connectivity index (χ1n) is 8.05. The SMILES string of the molecule is CC.CCC.CCCCN(C)CCCC(C)(C)C. The van der Waals surface area contributed by atoms with E-state index in [0.29, 0.717) is 5.41 Å². The van der Waals surface area contributed by atoms with Crippen LogP contribution in [0.5, 0.6) is 0 Å². The fraction of sp³-hybridized carbons (Fsp3) is 1.00. The Morgan fingerprint density at radius 2 is 1.22 bits per heavy atom. The molecular formula is C17H41N. The number of hydrogen-bond acceptors (Lipinski definition) is 1. The molecule has 0 aromatic heterocycles. The Labute approximate surface area is 118 Å². The Kier molecular flexibility index (Phi) is 21.7. The molecule has 0 aliphatic carbocycles. The molecule has 0 unspecified atom stereocenters. The van der Waals surface area contributed by atoms with Crippen molar-refractivity contribution in [1.82, 2.24) is 4.90 Å². The maximum atomic E-state index is 2.45. The van der Waals surface area contributed by atoms with Gasteiger partial charge in [0.2, 0.25) is 0 Å². The molecular weight excluding hydrogens is 218 g/mol. The highest BCUT2D eigenvalue weighted by molar-refractivity contribution is 4.62. The second kappa shape index (κ2) is 17.0. The van der Waals surface area contributed by atoms with Crippen LogP contribution in [0.2, 0.25) is 0 Å². The van der Waals surface area contributed by atoms with E-state index < -0.39 is 0 Å². The summed E-state index contributed by atoms with van der Waals surface area (Å²) in [6, 6.07) is 0. The Balaban J connectivity index is -0.000000389. The van der Waals surface area contributed by atoms with Crippen LogP contribution in [0.4, 0.5) is 0 Å². The summed E-state index contributed by atoms with van der Waals surface area (Å²) in [4.78, 5) is 2.45. The molecule has 0 N–H and O–H groups in total. The smallest absolute Gasteiger partial charge is 0.00216 e. The molecule has 0 aliphatic rings. The molecule has 0 aromatic carbocycles. The minimum Gasteiger partial charge on any atom is -0.306 e. The molecule has 0 aliphatic heterocycles. The van der Waals surface area contributed by atoms with Crippen LogP contribution in [-0.4, -0.2) is 25.0 Å². The highest BCUT2D eigenvalue weighted by Crippen LogP contribution is 2.20. The molecule has 0 rings (SSSR count). The molecule has 0 fully saturated rings. The van der Waals surface area contributed by atoms with E-state index >= 15 is 0 Å². The van der Waals surface area contributed by atoms with Gasteiger partial charge in [0.25, 0.3) is 0 Å². The normalized spacial score (nSPS) is 10.3. The highest BCUT2D eigenvalue weighted by atomic mass is 15.1. The van der Waals surface area contributed by atoms with Crippen LogP contribution in [0.25, 0.3) is 0 Å². The van der Waals surface area contributed by atoms with E-state index in [4.69, 9.17) is 0 Å². The van der Waals surface area contributed by atoms with Crippen molar-refractivity contribution < 1.29 is 0 Å². The molecule has 1 nitrogen and oxygen atoms in total. The van der Waals surface area contributed by atoms with Gasteiger partial charge >= 0.3 is 0 Å². The van der Waals surface area contributed by atoms with Crippen LogP contribution in [-0.2, 0) is 0 Å². The minimum absolute atomic E-state index is 0.506. The van der Waals surface area contributed by atoms with E-state index in [9.17, 15) is 0 Å². The molecule has 114 valence electrons. The zero-order valence-corrected chi connectivity index (χ0v) is 14.9. The molecule has 0 saturated heterocycles. The fourth-order valence-corrected chi connectivity index (χ4v) is 1.42. The lowest BCUT2D eigenvalue weighted by Crippen LogP contribution is -2.22. The lowest BCUT2D eigenvalue weighted by Gasteiger charge is -2.21. The van der Waals surface area contributed by atoms with Crippen molar-refractivity contribution in [3.63, 3.8) is 0 Å². The summed E-state index contributed by atoms with van der Waals surface area (Å²) in [6.07, 6.45) is 6.57. The second-order valence-corrected chi connectivity index (χ2v) is 6.03. The van der Waals surface area contributed by atoms with Gasteiger partial charge in [-0.15, -0.1) is 0 Å². The average molecular weight is 260 g/mol. The molecule has 0 radical (unpaired) electrons. The van der Waals surface area contributed by atoms with Gasteiger partial charge in [0.15, 0.2) is 0 Å². The summed E-state index contributed by atoms with van der Waals surface area (Å²) in [7, 11) is 2.23. The van der Waals surface area contributed by atoms with E-state index in [1.54, 1.807) is 0 Å². The fourth-order valence-electron chi connectivity index (χ4n) is 1.42. The van der Waals surface area contributed by atoms with Crippen molar-refractivity contribution in [2.24, 2.45) is 5.41 Å². The zero-order valence-electron chi connectivity index (χ0n) is 14.9. The first-order valence-corrected chi connectivity index (χ1v) is 8.05. The third kappa shape index (κ3) is 29.7. The summed E-state index contributed by atoms with van der Waals surface area (Å²) in [6.45, 7) is 20.0. The first kappa shape index (κ1) is 23.1. The first-order chi connectivity index (χ1) is 8.37. The predicted molar refractivity (Wildman–Crippen MR) is 88.4 cm³/mol. The van der Waals surface area contributed by atoms with Crippen molar-refractivity contribution >= 4 is 0 Å². The topological polar surface area (TPSA) is 3.24 Å². The minimum atomic E-state index is 0.506. The number of nitrogens with zero attached hydrogens (tertiary/aromatic N) is 1. The van der Waals surface area contributed by atoms with Gasteiger partial charge in [-0.2, -0.15) is 0 Å². The molecule has 0 spiro atoms. The highest BCUT2D eigenvalue weighted by Gasteiger charge is 2.09. The van der Waals surface area contributed by atoms with E-state index in [1.807, 2.05) is 13.8 Å². The monoisotopic (exact) mass is 259 g/mol. The van der Waals surface area contributed by atoms with Gasteiger partial charge in [0.1, 0.15) is 0 Å². The Bertz CT molecular complexity index is 124. The van der Waals surface area contributed by atoms with Crippen LogP contribution in [0.3, 0.4) is 0 Å². The molecule has 0 aromatic rings. The summed E-state index contributed by atoms with van der Waals surface area (Å²) < 4.78 is 0. The predicted octanol–water partition coefficient (Wildman–Crippen LogP) is 5.99. The van der Waals surface area contributed by atoms with Gasteiger partial charge < -0.3 is 4.90 Å². The van der Waals surface area contributed by atoms with Gasteiger partial charge in [-0.05, 0) is 44.8 Å². The quantitative estimate of drug-likeness (QED) is 0.566. The molecule has 0 amide bonds. The summed E-state index contributed by atoms with van der Waals surface area (Å²) in [5.41, 5.74) is 0.506. The average Bonchev–Trinajstić information content (AvgIpc) is 2.28. The van der Waals surface area contributed by atoms with Crippen LogP contribution in [0.1, 0.15) is 87.5 Å². The molecule has 1 heteroatoms. The van der Waals surface area contributed by atoms with Crippen molar-refractivity contribution in [2.45, 2.75) is 87.5 Å². The van der Waals surface area contributed by atoms with Crippen LogP contribution >= 0.6 is 0 Å². The standard InChI is InChI=1S/C12H27N.C3H8.C2H6/c1-6-7-10-13(5)11-8-9-12(2,3)4;1-3-2;1-2/h6-11H2,1-5H3;3H2,1-2H3;1-2H3. The largest absolute Gasteiger partial charge is 0.306 e. The van der Waals surface area contributed by atoms with Gasteiger partial charge in [-0.1, -0.05) is 68.2 Å². The Morgan fingerprint density at radius 3 is 1.56 bits per heavy atom. The van der Waals surface area contributed by atoms with Gasteiger partial charge in [-0.25, -0.2) is 0 Å². The number of hydrogen-bond donors (Lipinski definition) is 0. The van der Waals surface area contributed by atoms with E-state index in [2.05, 4.69) is 53.5 Å². The maximum Gasteiger partial charge on any atom is -0.00216 e. The van der Waals surface area contributed by atoms with Crippen molar-refractivity contribution in [1.29, 1.82) is 0 Å². The Hall–Kier alpha value is -0.0400. The zero-order chi connectivity index (χ0) is 15.0. The second-order valence-electron chi connectivity index (χ2n) is 6.03. The molecule has 0 bridgehead atoms. The van der Waals surface area contributed by atoms with Crippen LogP contribution in [0, 0.1) is 5.41 Å². The summed E-state index contributed by atoms with van der Waals surface area (Å²) in [5.74, 6) is 0. The van der Waals surface area contributed by atoms with Crippen molar-refractivity contribution in [2.75, 3.05) is 20.1 Å². The summed E-state index contributed by atoms with van der Waals surface area (Å²) in [5, 5.41) is 0. The number of unbranched alkanes of at least 4 members (excludes halogenated alkanes) is 1. The number of rotatable bonds is 6. The van der Waals surface area contributed by atoms with Gasteiger partial charge in [0, 0.05) is 0 Å². The molecule has 0 heterocycles. The van der Waals surface area contributed by atoms with E-state index in [1.165, 1.54) is 45.2 Å². The Morgan fingerprint density at radius 1 is 0.833 bits per heavy atom. The van der Waals surface area contributed by atoms with E-state index in [-0.39, 0.29) is 0 Å². The molecule has 18 heavy (non-hydrogen) atoms. The van der Waals surface area contributed by atoms with Crippen molar-refractivity contribution in [3.05, 3.63) is 0 Å². The third-order valence-electron chi connectivity index (χ3n) is 2.36. The lowest BCUT2D eigenvalue weighted by atomic mass is 9.90. The lowest BCUT2D eigenvalue weighted by molar-refractivity contribution is 0.284. The molecule has 0 saturated carbocycles. The van der Waals surface area contributed by atoms with Gasteiger partial charge in [-0.3, -0.25) is 0 Å². The summed E-state index contributed by atoms with van der Waals surface area (Å²) >= 11 is 0. The maximum absolute atomic E-state index is 2.45.